The molecule has 1 nitrogen and oxygen atoms in total. The van der Waals surface area contributed by atoms with Crippen molar-refractivity contribution in [3.05, 3.63) is 47.5 Å². The lowest BCUT2D eigenvalue weighted by molar-refractivity contribution is 0.427. The monoisotopic (exact) mass is 211 g/mol. The van der Waals surface area contributed by atoms with Crippen LogP contribution in [0.4, 0.5) is 0 Å². The predicted octanol–water partition coefficient (Wildman–Crippen LogP) is 3.40. The van der Waals surface area contributed by atoms with E-state index in [4.69, 9.17) is 11.6 Å². The summed E-state index contributed by atoms with van der Waals surface area (Å²) in [5.41, 5.74) is 1.30. The maximum Gasteiger partial charge on any atom is 0.105 e. The Hall–Kier alpha value is -0.600. The van der Waals surface area contributed by atoms with Gasteiger partial charge in [0.2, 0.25) is 0 Å². The summed E-state index contributed by atoms with van der Waals surface area (Å²) in [5, 5.41) is 2.44. The zero-order valence-corrected chi connectivity index (χ0v) is 8.63. The van der Waals surface area contributed by atoms with Gasteiger partial charge in [0.25, 0.3) is 0 Å². The van der Waals surface area contributed by atoms with Gasteiger partial charge in [-0.1, -0.05) is 30.3 Å². The van der Waals surface area contributed by atoms with E-state index in [1.165, 1.54) is 5.56 Å². The Morgan fingerprint density at radius 1 is 1.31 bits per heavy atom. The van der Waals surface area contributed by atoms with E-state index in [1.54, 1.807) is 11.8 Å². The van der Waals surface area contributed by atoms with Crippen molar-refractivity contribution in [2.45, 2.75) is 5.37 Å². The molecule has 68 valence electrons. The Balaban J connectivity index is 2.18. The Kier molecular flexibility index (Phi) is 2.81. The fraction of sp³-hybridized carbons (Fsp3) is 0.200. The third-order valence-electron chi connectivity index (χ3n) is 1.98. The van der Waals surface area contributed by atoms with Gasteiger partial charge in [0.05, 0.1) is 6.00 Å². The topological polar surface area (TPSA) is 3.24 Å². The van der Waals surface area contributed by atoms with Crippen LogP contribution in [0.25, 0.3) is 0 Å². The first-order valence-corrected chi connectivity index (χ1v) is 5.58. The Bertz CT molecular complexity index is 299. The number of rotatable bonds is 2. The highest BCUT2D eigenvalue weighted by Crippen LogP contribution is 2.38. The number of benzene rings is 1. The Morgan fingerprint density at radius 3 is 2.77 bits per heavy atom. The molecule has 0 spiro atoms. The molecule has 13 heavy (non-hydrogen) atoms. The first kappa shape index (κ1) is 8.97. The van der Waals surface area contributed by atoms with Crippen molar-refractivity contribution in [2.24, 2.45) is 0 Å². The first-order chi connectivity index (χ1) is 6.42. The van der Waals surface area contributed by atoms with Gasteiger partial charge in [-0.3, -0.25) is 0 Å². The fourth-order valence-electron chi connectivity index (χ4n) is 1.33. The van der Waals surface area contributed by atoms with Crippen molar-refractivity contribution in [3.8, 4) is 0 Å². The third kappa shape index (κ3) is 1.84. The van der Waals surface area contributed by atoms with E-state index in [0.717, 1.165) is 0 Å². The molecule has 1 aliphatic rings. The van der Waals surface area contributed by atoms with Crippen LogP contribution in [0.2, 0.25) is 0 Å². The average Bonchev–Trinajstić information content (AvgIpc) is 2.67. The minimum atomic E-state index is 0.360. The standard InChI is InChI=1S/C10H10ClNS/c11-8-12-6-7-13-10(12)9-4-2-1-3-5-9/h1-7,10H,8H2. The van der Waals surface area contributed by atoms with Crippen molar-refractivity contribution in [1.29, 1.82) is 0 Å². The highest BCUT2D eigenvalue weighted by Gasteiger charge is 2.20. The summed E-state index contributed by atoms with van der Waals surface area (Å²) >= 11 is 7.60. The number of hydrogen-bond donors (Lipinski definition) is 0. The van der Waals surface area contributed by atoms with Crippen molar-refractivity contribution in [1.82, 2.24) is 4.90 Å². The fourth-order valence-corrected chi connectivity index (χ4v) is 2.62. The second-order valence-electron chi connectivity index (χ2n) is 2.82. The van der Waals surface area contributed by atoms with Crippen LogP contribution in [0, 0.1) is 0 Å². The summed E-state index contributed by atoms with van der Waals surface area (Å²) in [6.45, 7) is 0. The molecule has 1 aliphatic heterocycles. The van der Waals surface area contributed by atoms with Gasteiger partial charge < -0.3 is 4.90 Å². The molecule has 1 aromatic rings. The summed E-state index contributed by atoms with van der Waals surface area (Å²) < 4.78 is 0. The van der Waals surface area contributed by atoms with E-state index in [-0.39, 0.29) is 0 Å². The highest BCUT2D eigenvalue weighted by atomic mass is 35.5. The number of hydrogen-bond acceptors (Lipinski definition) is 2. The van der Waals surface area contributed by atoms with Crippen LogP contribution in [0.3, 0.4) is 0 Å². The van der Waals surface area contributed by atoms with E-state index in [2.05, 4.69) is 34.6 Å². The van der Waals surface area contributed by atoms with E-state index >= 15 is 0 Å². The number of alkyl halides is 1. The van der Waals surface area contributed by atoms with Gasteiger partial charge in [-0.05, 0) is 11.0 Å². The molecule has 1 unspecified atom stereocenters. The molecule has 0 fully saturated rings. The molecule has 3 heteroatoms. The van der Waals surface area contributed by atoms with Gasteiger partial charge >= 0.3 is 0 Å². The molecule has 0 saturated heterocycles. The normalized spacial score (nSPS) is 21.0. The molecule has 0 N–H and O–H groups in total. The summed E-state index contributed by atoms with van der Waals surface area (Å²) in [6, 6.07) is 10.9. The third-order valence-corrected chi connectivity index (χ3v) is 3.34. The van der Waals surface area contributed by atoms with Crippen molar-refractivity contribution < 1.29 is 0 Å². The lowest BCUT2D eigenvalue weighted by atomic mass is 10.2. The molecule has 2 rings (SSSR count). The van der Waals surface area contributed by atoms with E-state index < -0.39 is 0 Å². The van der Waals surface area contributed by atoms with E-state index in [0.29, 0.717) is 11.4 Å². The molecule has 0 aromatic heterocycles. The zero-order chi connectivity index (χ0) is 9.10. The zero-order valence-electron chi connectivity index (χ0n) is 7.06. The van der Waals surface area contributed by atoms with Gasteiger partial charge in [0, 0.05) is 6.20 Å². The van der Waals surface area contributed by atoms with Crippen LogP contribution in [0.5, 0.6) is 0 Å². The van der Waals surface area contributed by atoms with Gasteiger partial charge in [0.15, 0.2) is 0 Å². The van der Waals surface area contributed by atoms with Crippen molar-refractivity contribution >= 4 is 23.4 Å². The second-order valence-corrected chi connectivity index (χ2v) is 4.05. The number of halogens is 1. The molecule has 0 saturated carbocycles. The van der Waals surface area contributed by atoms with Crippen LogP contribution in [0.15, 0.2) is 41.9 Å². The Morgan fingerprint density at radius 2 is 2.08 bits per heavy atom. The second kappa shape index (κ2) is 4.07. The first-order valence-electron chi connectivity index (χ1n) is 4.10. The van der Waals surface area contributed by atoms with Crippen LogP contribution in [-0.2, 0) is 0 Å². The van der Waals surface area contributed by atoms with Crippen LogP contribution >= 0.6 is 23.4 Å². The largest absolute Gasteiger partial charge is 0.347 e. The maximum absolute atomic E-state index is 5.81. The number of nitrogens with zero attached hydrogens (tertiary/aromatic N) is 1. The predicted molar refractivity (Wildman–Crippen MR) is 58.5 cm³/mol. The number of thioether (sulfide) groups is 1. The molecule has 1 aromatic carbocycles. The van der Waals surface area contributed by atoms with E-state index in [1.807, 2.05) is 12.3 Å². The summed E-state index contributed by atoms with van der Waals surface area (Å²) in [7, 11) is 0. The molecule has 0 aliphatic carbocycles. The molecule has 0 amide bonds. The van der Waals surface area contributed by atoms with Gasteiger partial charge in [-0.2, -0.15) is 0 Å². The maximum atomic E-state index is 5.81. The Labute approximate surface area is 87.4 Å². The molecule has 0 radical (unpaired) electrons. The van der Waals surface area contributed by atoms with Gasteiger partial charge in [-0.25, -0.2) is 0 Å². The summed E-state index contributed by atoms with van der Waals surface area (Å²) in [6.07, 6.45) is 2.04. The van der Waals surface area contributed by atoms with Gasteiger partial charge in [-0.15, -0.1) is 23.4 Å². The minimum Gasteiger partial charge on any atom is -0.347 e. The molecular weight excluding hydrogens is 202 g/mol. The van der Waals surface area contributed by atoms with Crippen molar-refractivity contribution in [2.75, 3.05) is 6.00 Å². The van der Waals surface area contributed by atoms with Gasteiger partial charge in [0.1, 0.15) is 5.37 Å². The summed E-state index contributed by atoms with van der Waals surface area (Å²) in [4.78, 5) is 2.11. The SMILES string of the molecule is ClCN1C=CSC1c1ccccc1. The lowest BCUT2D eigenvalue weighted by Crippen LogP contribution is -2.15. The van der Waals surface area contributed by atoms with Crippen LogP contribution < -0.4 is 0 Å². The molecule has 0 bridgehead atoms. The molecule has 1 atom stereocenters. The average molecular weight is 212 g/mol. The smallest absolute Gasteiger partial charge is 0.105 e. The molecular formula is C10H10ClNS. The minimum absolute atomic E-state index is 0.360. The highest BCUT2D eigenvalue weighted by molar-refractivity contribution is 8.02. The quantitative estimate of drug-likeness (QED) is 0.545. The van der Waals surface area contributed by atoms with E-state index in [9.17, 15) is 0 Å². The van der Waals surface area contributed by atoms with Crippen LogP contribution in [0.1, 0.15) is 10.9 Å². The van der Waals surface area contributed by atoms with Crippen LogP contribution in [-0.4, -0.2) is 10.9 Å². The van der Waals surface area contributed by atoms with Crippen molar-refractivity contribution in [3.63, 3.8) is 0 Å². The molecule has 1 heterocycles. The summed E-state index contributed by atoms with van der Waals surface area (Å²) in [5.74, 6) is 0. The lowest BCUT2D eigenvalue weighted by Gasteiger charge is -2.22.